The van der Waals surface area contributed by atoms with Gasteiger partial charge in [-0.15, -0.1) is 0 Å². The van der Waals surface area contributed by atoms with Gasteiger partial charge in [-0.2, -0.15) is 0 Å². The summed E-state index contributed by atoms with van der Waals surface area (Å²) in [4.78, 5) is 40.3. The van der Waals surface area contributed by atoms with Gasteiger partial charge in [-0.25, -0.2) is 4.79 Å². The first-order chi connectivity index (χ1) is 18.1. The molecule has 1 heterocycles. The third-order valence-corrected chi connectivity index (χ3v) is 9.95. The van der Waals surface area contributed by atoms with Gasteiger partial charge in [0.25, 0.3) is 0 Å². The summed E-state index contributed by atoms with van der Waals surface area (Å²) in [5.41, 5.74) is -6.24. The Bertz CT molecular complexity index is 1240. The fourth-order valence-electron chi connectivity index (χ4n) is 7.66. The van der Waals surface area contributed by atoms with E-state index in [1.807, 2.05) is 0 Å². The lowest BCUT2D eigenvalue weighted by molar-refractivity contribution is -0.345. The number of rotatable bonds is 3. The molecule has 39 heavy (non-hydrogen) atoms. The normalized spacial score (nSPS) is 42.7. The molecule has 5 rings (SSSR count). The molecule has 0 amide bonds. The van der Waals surface area contributed by atoms with Crippen LogP contribution in [0.1, 0.15) is 57.8 Å². The largest absolute Gasteiger partial charge is 0.455 e. The molecule has 1 aromatic rings. The van der Waals surface area contributed by atoms with Crippen molar-refractivity contribution in [1.82, 2.24) is 0 Å². The first kappa shape index (κ1) is 27.9. The summed E-state index contributed by atoms with van der Waals surface area (Å²) < 4.78 is 17.7. The summed E-state index contributed by atoms with van der Waals surface area (Å²) in [5, 5.41) is 46.7. The number of aliphatic hydroxyl groups excluding tert-OH is 3. The van der Waals surface area contributed by atoms with Gasteiger partial charge >= 0.3 is 11.9 Å². The Morgan fingerprint density at radius 2 is 1.72 bits per heavy atom. The molecule has 0 unspecified atom stereocenters. The number of fused-ring (bicyclic) bond motifs is 5. The van der Waals surface area contributed by atoms with E-state index in [2.05, 4.69) is 0 Å². The lowest BCUT2D eigenvalue weighted by atomic mass is 9.44. The summed E-state index contributed by atoms with van der Waals surface area (Å²) in [6.45, 7) is 7.29. The van der Waals surface area contributed by atoms with Gasteiger partial charge in [-0.3, -0.25) is 9.59 Å². The highest BCUT2D eigenvalue weighted by Crippen LogP contribution is 2.63. The molecular formula is C29H36O10. The third-order valence-electron chi connectivity index (χ3n) is 9.95. The van der Waals surface area contributed by atoms with Crippen molar-refractivity contribution in [3.8, 4) is 0 Å². The minimum atomic E-state index is -2.07. The van der Waals surface area contributed by atoms with Crippen molar-refractivity contribution in [2.75, 3.05) is 6.61 Å². The number of hydrogen-bond acceptors (Lipinski definition) is 10. The molecule has 3 fully saturated rings. The van der Waals surface area contributed by atoms with E-state index in [4.69, 9.17) is 14.2 Å². The molecule has 2 bridgehead atoms. The van der Waals surface area contributed by atoms with Crippen LogP contribution in [0.15, 0.2) is 41.5 Å². The van der Waals surface area contributed by atoms with Crippen LogP contribution >= 0.6 is 0 Å². The average molecular weight is 545 g/mol. The highest BCUT2D eigenvalue weighted by atomic mass is 16.6. The Kier molecular flexibility index (Phi) is 6.40. The first-order valence-electron chi connectivity index (χ1n) is 13.2. The van der Waals surface area contributed by atoms with E-state index >= 15 is 0 Å². The monoisotopic (exact) mass is 544 g/mol. The average Bonchev–Trinajstić information content (AvgIpc) is 2.87. The molecule has 4 aliphatic rings. The van der Waals surface area contributed by atoms with E-state index in [-0.39, 0.29) is 30.6 Å². The van der Waals surface area contributed by atoms with Crippen LogP contribution in [0, 0.1) is 16.7 Å². The van der Waals surface area contributed by atoms with Gasteiger partial charge in [-0.1, -0.05) is 32.0 Å². The molecule has 2 saturated carbocycles. The van der Waals surface area contributed by atoms with E-state index in [1.54, 1.807) is 39.0 Å². The predicted molar refractivity (Wildman–Crippen MR) is 135 cm³/mol. The minimum absolute atomic E-state index is 0.0828. The topological polar surface area (TPSA) is 160 Å². The summed E-state index contributed by atoms with van der Waals surface area (Å²) in [5.74, 6) is -3.60. The maximum Gasteiger partial charge on any atom is 0.338 e. The second kappa shape index (κ2) is 8.94. The number of benzene rings is 1. The van der Waals surface area contributed by atoms with Gasteiger partial charge in [0.15, 0.2) is 11.4 Å². The molecule has 1 aromatic carbocycles. The number of ketones is 1. The summed E-state index contributed by atoms with van der Waals surface area (Å²) in [7, 11) is 0. The highest BCUT2D eigenvalue weighted by Gasteiger charge is 2.77. The number of ether oxygens (including phenoxy) is 3. The van der Waals surface area contributed by atoms with Crippen molar-refractivity contribution in [2.45, 2.75) is 89.2 Å². The standard InChI is InChI=1S/C29H36O10/c1-14-17(31)12-29(36)24(38-25(35)16-9-7-6-8-10-16)22-27(5,23(34)21(33)20(14)26(29,3)4)18(32)11-19-28(22,13-37-19)39-15(2)30/h6-10,17-19,21-22,24,31-33,36H,11-13H2,1-5H3/t17-,18+,19-,21-,22-,24+,27+,28-,29-/m1/s1. The SMILES string of the molecule is CC(=O)O[C@]12CO[C@@H]1C[C@H](O)[C@]1(C)C(=O)[C@H](O)C3=C(C)[C@H](O)C[C@@](O)([C@@H](OC(=O)c4ccccc4)[C@@H]21)C3(C)C. The molecule has 3 aliphatic carbocycles. The Labute approximate surface area is 226 Å². The lowest BCUT2D eigenvalue weighted by Gasteiger charge is -2.67. The fraction of sp³-hybridized carbons (Fsp3) is 0.621. The number of aliphatic hydroxyl groups is 4. The van der Waals surface area contributed by atoms with Gasteiger partial charge in [0, 0.05) is 25.2 Å². The number of Topliss-reactive ketones (excluding diaryl/α,β-unsaturated/α-hetero) is 1. The molecule has 9 atom stereocenters. The van der Waals surface area contributed by atoms with Crippen LogP contribution in [0.5, 0.6) is 0 Å². The van der Waals surface area contributed by atoms with Crippen LogP contribution in [0.25, 0.3) is 0 Å². The predicted octanol–water partition coefficient (Wildman–Crippen LogP) is 1.08. The zero-order chi connectivity index (χ0) is 28.7. The van der Waals surface area contributed by atoms with Crippen LogP contribution in [0.4, 0.5) is 0 Å². The molecule has 1 saturated heterocycles. The van der Waals surface area contributed by atoms with Crippen LogP contribution in [0.2, 0.25) is 0 Å². The van der Waals surface area contributed by atoms with Gasteiger partial charge in [0.05, 0.1) is 35.7 Å². The van der Waals surface area contributed by atoms with Gasteiger partial charge in [-0.05, 0) is 37.1 Å². The Morgan fingerprint density at radius 1 is 1.08 bits per heavy atom. The van der Waals surface area contributed by atoms with Crippen molar-refractivity contribution < 1.29 is 49.0 Å². The highest BCUT2D eigenvalue weighted by molar-refractivity contribution is 5.94. The van der Waals surface area contributed by atoms with Crippen molar-refractivity contribution in [3.05, 3.63) is 47.0 Å². The summed E-state index contributed by atoms with van der Waals surface area (Å²) in [6, 6.07) is 8.08. The smallest absolute Gasteiger partial charge is 0.338 e. The van der Waals surface area contributed by atoms with Crippen molar-refractivity contribution in [1.29, 1.82) is 0 Å². The van der Waals surface area contributed by atoms with E-state index in [9.17, 15) is 34.8 Å². The van der Waals surface area contributed by atoms with Crippen molar-refractivity contribution >= 4 is 17.7 Å². The zero-order valence-corrected chi connectivity index (χ0v) is 22.7. The second-order valence-corrected chi connectivity index (χ2v) is 12.2. The number of carbonyl (C=O) groups excluding carboxylic acids is 3. The summed E-state index contributed by atoms with van der Waals surface area (Å²) in [6.07, 6.45) is -7.26. The number of hydrogen-bond donors (Lipinski definition) is 4. The molecule has 10 nitrogen and oxygen atoms in total. The Hall–Kier alpha value is -2.63. The zero-order valence-electron chi connectivity index (χ0n) is 22.7. The van der Waals surface area contributed by atoms with Crippen molar-refractivity contribution in [3.63, 3.8) is 0 Å². The molecule has 10 heteroatoms. The van der Waals surface area contributed by atoms with Gasteiger partial charge < -0.3 is 34.6 Å². The molecular weight excluding hydrogens is 508 g/mol. The quantitative estimate of drug-likeness (QED) is 0.320. The van der Waals surface area contributed by atoms with Crippen LogP contribution < -0.4 is 0 Å². The maximum atomic E-state index is 14.3. The number of esters is 2. The van der Waals surface area contributed by atoms with Crippen LogP contribution in [-0.4, -0.2) is 86.5 Å². The molecule has 0 spiro atoms. The van der Waals surface area contributed by atoms with Crippen LogP contribution in [0.3, 0.4) is 0 Å². The van der Waals surface area contributed by atoms with Crippen LogP contribution in [-0.2, 0) is 23.8 Å². The Balaban J connectivity index is 1.81. The number of carbonyl (C=O) groups is 3. The van der Waals surface area contributed by atoms with E-state index in [0.29, 0.717) is 5.57 Å². The molecule has 1 aliphatic heterocycles. The molecule has 0 radical (unpaired) electrons. The second-order valence-electron chi connectivity index (χ2n) is 12.2. The van der Waals surface area contributed by atoms with E-state index in [1.165, 1.54) is 26.0 Å². The first-order valence-corrected chi connectivity index (χ1v) is 13.2. The van der Waals surface area contributed by atoms with E-state index in [0.717, 1.165) is 0 Å². The lowest BCUT2D eigenvalue weighted by Crippen LogP contribution is -2.81. The molecule has 0 aromatic heterocycles. The van der Waals surface area contributed by atoms with Gasteiger partial charge in [0.1, 0.15) is 23.9 Å². The Morgan fingerprint density at radius 3 is 2.28 bits per heavy atom. The third kappa shape index (κ3) is 3.62. The van der Waals surface area contributed by atoms with Crippen molar-refractivity contribution in [2.24, 2.45) is 16.7 Å². The molecule has 4 N–H and O–H groups in total. The van der Waals surface area contributed by atoms with E-state index < -0.39 is 76.2 Å². The minimum Gasteiger partial charge on any atom is -0.455 e. The fourth-order valence-corrected chi connectivity index (χ4v) is 7.66. The molecule has 212 valence electrons. The van der Waals surface area contributed by atoms with Gasteiger partial charge in [0.2, 0.25) is 0 Å². The summed E-state index contributed by atoms with van der Waals surface area (Å²) >= 11 is 0. The maximum absolute atomic E-state index is 14.3.